The van der Waals surface area contributed by atoms with Gasteiger partial charge in [-0.25, -0.2) is 5.11 Å². The van der Waals surface area contributed by atoms with Crippen molar-refractivity contribution in [2.45, 2.75) is 12.5 Å². The van der Waals surface area contributed by atoms with Gasteiger partial charge in [0, 0.05) is 0 Å². The number of ether oxygens (including phenoxy) is 1. The third-order valence-electron chi connectivity index (χ3n) is 1.93. The first kappa shape index (κ1) is 11.7. The van der Waals surface area contributed by atoms with Crippen LogP contribution in [0.3, 0.4) is 0 Å². The van der Waals surface area contributed by atoms with Gasteiger partial charge in [0.15, 0.2) is 0 Å². The summed E-state index contributed by atoms with van der Waals surface area (Å²) in [6, 6.07) is 8.74. The minimum absolute atomic E-state index is 0.110. The average Bonchev–Trinajstić information content (AvgIpc) is 2.27. The second-order valence-electron chi connectivity index (χ2n) is 3.17. The minimum Gasteiger partial charge on any atom is -0.462 e. The van der Waals surface area contributed by atoms with E-state index in [2.05, 4.69) is 4.74 Å². The topological polar surface area (TPSA) is 72.2 Å². The zero-order valence-electron chi connectivity index (χ0n) is 8.39. The van der Waals surface area contributed by atoms with Crippen molar-refractivity contribution < 1.29 is 14.6 Å². The van der Waals surface area contributed by atoms with Gasteiger partial charge in [-0.15, -0.1) is 0 Å². The lowest BCUT2D eigenvalue weighted by Gasteiger charge is -2.10. The molecule has 0 aromatic heterocycles. The Labute approximate surface area is 88.7 Å². The highest BCUT2D eigenvalue weighted by Gasteiger charge is 2.14. The maximum atomic E-state index is 11.2. The smallest absolute Gasteiger partial charge is 0.323 e. The number of hydrogen-bond donors (Lipinski definition) is 1. The molecule has 15 heavy (non-hydrogen) atoms. The van der Waals surface area contributed by atoms with Crippen molar-refractivity contribution in [2.75, 3.05) is 13.2 Å². The Morgan fingerprint density at radius 1 is 1.33 bits per heavy atom. The maximum Gasteiger partial charge on any atom is 0.323 e. The fraction of sp³-hybridized carbons (Fsp3) is 0.364. The van der Waals surface area contributed by atoms with E-state index in [1.54, 1.807) is 0 Å². The molecule has 1 unspecified atom stereocenters. The first-order valence-corrected chi connectivity index (χ1v) is 4.78. The third-order valence-corrected chi connectivity index (χ3v) is 1.93. The predicted octanol–water partition coefficient (Wildman–Crippen LogP) is 0.530. The number of hydrogen-bond acceptors (Lipinski definition) is 3. The van der Waals surface area contributed by atoms with Crippen LogP contribution in [-0.4, -0.2) is 25.2 Å². The Balaban J connectivity index is 2.41. The lowest BCUT2D eigenvalue weighted by molar-refractivity contribution is -0.146. The van der Waals surface area contributed by atoms with Crippen molar-refractivity contribution >= 4 is 5.97 Å². The Morgan fingerprint density at radius 3 is 2.60 bits per heavy atom. The summed E-state index contributed by atoms with van der Waals surface area (Å²) in [5.74, 6) is -0.519. The molecule has 0 amide bonds. The highest BCUT2D eigenvalue weighted by molar-refractivity contribution is 5.75. The van der Waals surface area contributed by atoms with Crippen LogP contribution in [0.2, 0.25) is 0 Å². The molecule has 1 radical (unpaired) electrons. The van der Waals surface area contributed by atoms with Crippen LogP contribution in [0.1, 0.15) is 5.56 Å². The van der Waals surface area contributed by atoms with Crippen LogP contribution in [0.5, 0.6) is 0 Å². The average molecular weight is 208 g/mol. The summed E-state index contributed by atoms with van der Waals surface area (Å²) in [4.78, 5) is 11.2. The minimum atomic E-state index is -0.695. The summed E-state index contributed by atoms with van der Waals surface area (Å²) in [5, 5.41) is 10.1. The van der Waals surface area contributed by atoms with E-state index in [0.717, 1.165) is 5.56 Å². The Kier molecular flexibility index (Phi) is 4.80. The molecule has 0 aliphatic heterocycles. The summed E-state index contributed by atoms with van der Waals surface area (Å²) in [6.45, 7) is -0.537. The molecule has 81 valence electrons. The van der Waals surface area contributed by atoms with Gasteiger partial charge in [-0.05, 0) is 12.0 Å². The molecule has 1 atom stereocenters. The Bertz CT molecular complexity index is 300. The van der Waals surface area contributed by atoms with Gasteiger partial charge >= 0.3 is 5.97 Å². The molecule has 1 aromatic rings. The van der Waals surface area contributed by atoms with E-state index < -0.39 is 18.6 Å². The van der Waals surface area contributed by atoms with Crippen LogP contribution in [0.4, 0.5) is 0 Å². The van der Waals surface area contributed by atoms with Crippen molar-refractivity contribution in [3.8, 4) is 0 Å². The molecule has 0 saturated heterocycles. The normalized spacial score (nSPS) is 12.1. The molecule has 0 bridgehead atoms. The summed E-state index contributed by atoms with van der Waals surface area (Å²) in [6.07, 6.45) is 0.429. The number of carbonyl (C=O) groups is 1. The van der Waals surface area contributed by atoms with E-state index in [9.17, 15) is 9.90 Å². The van der Waals surface area contributed by atoms with Crippen LogP contribution in [0, 0.1) is 0 Å². The standard InChI is InChI=1S/C11H14NO3/c12-10(11(14)15-7-6-13)8-9-4-2-1-3-5-9/h1-5,10H,6-8,12H2. The third kappa shape index (κ3) is 4.10. The van der Waals surface area contributed by atoms with Gasteiger partial charge < -0.3 is 10.5 Å². The lowest BCUT2D eigenvalue weighted by atomic mass is 10.1. The van der Waals surface area contributed by atoms with Crippen LogP contribution in [-0.2, 0) is 21.1 Å². The van der Waals surface area contributed by atoms with Crippen molar-refractivity contribution in [2.24, 2.45) is 5.73 Å². The molecule has 1 rings (SSSR count). The second kappa shape index (κ2) is 6.16. The summed E-state index contributed by atoms with van der Waals surface area (Å²) in [5.41, 5.74) is 6.59. The molecule has 4 nitrogen and oxygen atoms in total. The van der Waals surface area contributed by atoms with E-state index in [1.807, 2.05) is 30.3 Å². The molecule has 1 aromatic carbocycles. The first-order chi connectivity index (χ1) is 7.24. The summed E-state index contributed by atoms with van der Waals surface area (Å²) in [7, 11) is 0. The molecule has 0 aliphatic rings. The van der Waals surface area contributed by atoms with Gasteiger partial charge in [0.1, 0.15) is 19.3 Å². The van der Waals surface area contributed by atoms with E-state index in [0.29, 0.717) is 6.42 Å². The van der Waals surface area contributed by atoms with E-state index in [-0.39, 0.29) is 6.61 Å². The van der Waals surface area contributed by atoms with Crippen molar-refractivity contribution in [3.63, 3.8) is 0 Å². The first-order valence-electron chi connectivity index (χ1n) is 4.78. The molecular weight excluding hydrogens is 194 g/mol. The van der Waals surface area contributed by atoms with Crippen LogP contribution >= 0.6 is 0 Å². The van der Waals surface area contributed by atoms with Crippen LogP contribution in [0.25, 0.3) is 0 Å². The van der Waals surface area contributed by atoms with Crippen LogP contribution in [0.15, 0.2) is 30.3 Å². The zero-order chi connectivity index (χ0) is 11.1. The fourth-order valence-electron chi connectivity index (χ4n) is 1.20. The lowest BCUT2D eigenvalue weighted by Crippen LogP contribution is -2.34. The molecule has 0 heterocycles. The number of rotatable bonds is 5. The Morgan fingerprint density at radius 2 is 2.00 bits per heavy atom. The SMILES string of the molecule is NC(Cc1ccccc1)C(=O)OCC[O]. The van der Waals surface area contributed by atoms with Crippen molar-refractivity contribution in [3.05, 3.63) is 35.9 Å². The zero-order valence-corrected chi connectivity index (χ0v) is 8.39. The van der Waals surface area contributed by atoms with Crippen LogP contribution < -0.4 is 5.73 Å². The van der Waals surface area contributed by atoms with Gasteiger partial charge in [0.05, 0.1) is 0 Å². The molecule has 0 aliphatic carbocycles. The van der Waals surface area contributed by atoms with Gasteiger partial charge in [0.25, 0.3) is 0 Å². The van der Waals surface area contributed by atoms with Gasteiger partial charge in [-0.1, -0.05) is 30.3 Å². The van der Waals surface area contributed by atoms with Gasteiger partial charge in [0.2, 0.25) is 0 Å². The summed E-state index contributed by atoms with van der Waals surface area (Å²) >= 11 is 0. The Hall–Kier alpha value is -1.39. The van der Waals surface area contributed by atoms with Crippen molar-refractivity contribution in [1.29, 1.82) is 0 Å². The highest BCUT2D eigenvalue weighted by atomic mass is 16.5. The largest absolute Gasteiger partial charge is 0.462 e. The maximum absolute atomic E-state index is 11.2. The second-order valence-corrected chi connectivity index (χ2v) is 3.17. The predicted molar refractivity (Wildman–Crippen MR) is 54.6 cm³/mol. The molecular formula is C11H14NO3. The van der Waals surface area contributed by atoms with Crippen molar-refractivity contribution in [1.82, 2.24) is 0 Å². The fourth-order valence-corrected chi connectivity index (χ4v) is 1.20. The number of carbonyl (C=O) groups excluding carboxylic acids is 1. The van der Waals surface area contributed by atoms with E-state index in [4.69, 9.17) is 5.73 Å². The highest BCUT2D eigenvalue weighted by Crippen LogP contribution is 2.02. The molecule has 0 spiro atoms. The quantitative estimate of drug-likeness (QED) is 0.717. The van der Waals surface area contributed by atoms with E-state index >= 15 is 0 Å². The number of benzene rings is 1. The molecule has 0 saturated carbocycles. The monoisotopic (exact) mass is 208 g/mol. The van der Waals surface area contributed by atoms with E-state index in [1.165, 1.54) is 0 Å². The molecule has 4 heteroatoms. The van der Waals surface area contributed by atoms with Gasteiger partial charge in [-0.2, -0.15) is 0 Å². The molecule has 0 fully saturated rings. The molecule has 2 N–H and O–H groups in total. The number of esters is 1. The van der Waals surface area contributed by atoms with Gasteiger partial charge in [-0.3, -0.25) is 4.79 Å². The summed E-state index contributed by atoms with van der Waals surface area (Å²) < 4.78 is 4.65. The number of nitrogens with two attached hydrogens (primary N) is 1.